The van der Waals surface area contributed by atoms with E-state index in [4.69, 9.17) is 0 Å². The first kappa shape index (κ1) is 45.2. The fourth-order valence-electron chi connectivity index (χ4n) is 6.41. The zero-order valence-electron chi connectivity index (χ0n) is 35.4. The van der Waals surface area contributed by atoms with E-state index in [1.165, 1.54) is 24.3 Å². The molecule has 7 rings (SSSR count). The fourth-order valence-corrected chi connectivity index (χ4v) is 6.41. The van der Waals surface area contributed by atoms with Crippen molar-refractivity contribution in [2.75, 3.05) is 0 Å². The predicted octanol–water partition coefficient (Wildman–Crippen LogP) is 10.7. The van der Waals surface area contributed by atoms with Crippen molar-refractivity contribution in [1.29, 1.82) is 0 Å². The Kier molecular flexibility index (Phi) is 12.8. The molecule has 0 bridgehead atoms. The minimum Gasteiger partial charge on any atom is -0.347 e. The molecule has 6 aromatic rings. The number of halogens is 6. The first-order valence-corrected chi connectivity index (χ1v) is 20.1. The summed E-state index contributed by atoms with van der Waals surface area (Å²) in [6.45, 7) is 14.6. The molecule has 0 unspecified atom stereocenters. The third-order valence-corrected chi connectivity index (χ3v) is 9.55. The van der Waals surface area contributed by atoms with Crippen molar-refractivity contribution in [3.63, 3.8) is 0 Å². The lowest BCUT2D eigenvalue weighted by molar-refractivity contribution is -0.138. The van der Waals surface area contributed by atoms with Crippen LogP contribution in [0.2, 0.25) is 0 Å². The number of carbonyl (C=O) groups excluding carboxylic acids is 2. The number of nitrogens with one attached hydrogen (secondary N) is 2. The molecule has 2 amide bonds. The second-order valence-electron chi connectivity index (χ2n) is 17.2. The number of hydrogen-bond donors (Lipinski definition) is 2. The second kappa shape index (κ2) is 17.6. The molecule has 0 atom stereocenters. The van der Waals surface area contributed by atoms with Crippen molar-refractivity contribution in [3.05, 3.63) is 120 Å². The van der Waals surface area contributed by atoms with Gasteiger partial charge in [-0.1, -0.05) is 24.3 Å². The summed E-state index contributed by atoms with van der Waals surface area (Å²) in [7, 11) is 0. The molecule has 10 nitrogen and oxygen atoms in total. The number of pyridine rings is 2. The average molecular weight is 859 g/mol. The highest BCUT2D eigenvalue weighted by Crippen LogP contribution is 2.35. The average Bonchev–Trinajstić information content (AvgIpc) is 3.66. The van der Waals surface area contributed by atoms with Crippen LogP contribution < -0.4 is 10.6 Å². The number of aryl methyl sites for hydroxylation is 1. The zero-order valence-corrected chi connectivity index (χ0v) is 35.4. The van der Waals surface area contributed by atoms with E-state index >= 15 is 0 Å². The number of carbonyl (C=O) groups is 2. The summed E-state index contributed by atoms with van der Waals surface area (Å²) >= 11 is 0. The SMILES string of the molecule is CC(C)(C)NC(=O)c1cc(-c2ccc(C(F)(F)F)cc2)nc(-c2ccnn2CC2CC2)c1.CCn1nccc1-c1cc(C(=O)NC(C)(C)C)cc(-c2ccc(C(F)(F)F)cc2)n1. The largest absolute Gasteiger partial charge is 0.416 e. The summed E-state index contributed by atoms with van der Waals surface area (Å²) in [6, 6.07) is 19.7. The Labute approximate surface area is 355 Å². The van der Waals surface area contributed by atoms with Crippen LogP contribution in [0.5, 0.6) is 0 Å². The highest BCUT2D eigenvalue weighted by Gasteiger charge is 2.31. The summed E-state index contributed by atoms with van der Waals surface area (Å²) in [6.07, 6.45) is -3.17. The monoisotopic (exact) mass is 858 g/mol. The fraction of sp³-hybridized carbons (Fsp3) is 0.348. The molecular weight excluding hydrogens is 811 g/mol. The first-order chi connectivity index (χ1) is 29.0. The Morgan fingerprint density at radius 1 is 0.581 bits per heavy atom. The summed E-state index contributed by atoms with van der Waals surface area (Å²) in [5.41, 5.74) is 2.78. The number of rotatable bonds is 9. The third-order valence-electron chi connectivity index (χ3n) is 9.55. The van der Waals surface area contributed by atoms with E-state index in [2.05, 4.69) is 30.8 Å². The second-order valence-corrected chi connectivity index (χ2v) is 17.2. The smallest absolute Gasteiger partial charge is 0.347 e. The van der Waals surface area contributed by atoms with Crippen LogP contribution in [0.3, 0.4) is 0 Å². The highest BCUT2D eigenvalue weighted by molar-refractivity contribution is 5.97. The molecule has 0 saturated heterocycles. The van der Waals surface area contributed by atoms with E-state index in [9.17, 15) is 35.9 Å². The number of aromatic nitrogens is 6. The van der Waals surface area contributed by atoms with E-state index in [1.807, 2.05) is 59.2 Å². The lowest BCUT2D eigenvalue weighted by Gasteiger charge is -2.21. The normalized spacial score (nSPS) is 13.3. The standard InChI is InChI=1S/C24H25F3N4O.C22H23F3N4O/c1-23(2,3)30-22(32)17-12-19(16-6-8-18(9-7-16)24(25,26)27)29-20(13-17)21-10-11-28-31(21)14-15-4-5-15;1-5-29-19(10-11-26-29)18-13-15(20(30)28-21(2,3)4)12-17(27-18)14-6-8-16(9-7-14)22(23,24)25/h6-13,15H,4-5,14H2,1-3H3,(H,30,32);6-13H,5H2,1-4H3,(H,28,30). The molecule has 1 aliphatic rings. The molecule has 1 saturated carbocycles. The summed E-state index contributed by atoms with van der Waals surface area (Å²) in [5.74, 6) is 0.0276. The van der Waals surface area contributed by atoms with E-state index in [-0.39, 0.29) is 11.8 Å². The van der Waals surface area contributed by atoms with Gasteiger partial charge >= 0.3 is 12.4 Å². The van der Waals surface area contributed by atoms with Crippen LogP contribution in [0.4, 0.5) is 26.3 Å². The minimum atomic E-state index is -4.42. The molecule has 2 N–H and O–H groups in total. The Morgan fingerprint density at radius 2 is 0.952 bits per heavy atom. The van der Waals surface area contributed by atoms with Crippen LogP contribution in [0, 0.1) is 5.92 Å². The van der Waals surface area contributed by atoms with Gasteiger partial charge in [-0.25, -0.2) is 9.97 Å². The minimum absolute atomic E-state index is 0.275. The van der Waals surface area contributed by atoms with Crippen molar-refractivity contribution >= 4 is 11.8 Å². The van der Waals surface area contributed by atoms with Gasteiger partial charge < -0.3 is 10.6 Å². The van der Waals surface area contributed by atoms with Crippen LogP contribution in [0.15, 0.2) is 97.3 Å². The number of alkyl halides is 6. The van der Waals surface area contributed by atoms with Gasteiger partial charge in [-0.15, -0.1) is 0 Å². The van der Waals surface area contributed by atoms with Crippen LogP contribution in [0.25, 0.3) is 45.3 Å². The van der Waals surface area contributed by atoms with Gasteiger partial charge in [0.25, 0.3) is 11.8 Å². The van der Waals surface area contributed by atoms with Gasteiger partial charge in [-0.3, -0.25) is 19.0 Å². The molecule has 4 aromatic heterocycles. The lowest BCUT2D eigenvalue weighted by Crippen LogP contribution is -2.40. The van der Waals surface area contributed by atoms with Gasteiger partial charge in [0, 0.05) is 58.8 Å². The van der Waals surface area contributed by atoms with Crippen molar-refractivity contribution < 1.29 is 35.9 Å². The van der Waals surface area contributed by atoms with Crippen LogP contribution >= 0.6 is 0 Å². The van der Waals surface area contributed by atoms with E-state index in [1.54, 1.807) is 47.4 Å². The van der Waals surface area contributed by atoms with Gasteiger partial charge in [0.1, 0.15) is 0 Å². The summed E-state index contributed by atoms with van der Waals surface area (Å²) < 4.78 is 81.3. The predicted molar refractivity (Wildman–Crippen MR) is 225 cm³/mol. The number of benzene rings is 2. The maximum absolute atomic E-state index is 13.0. The Hall–Kier alpha value is -6.32. The van der Waals surface area contributed by atoms with Gasteiger partial charge in [0.2, 0.25) is 0 Å². The van der Waals surface area contributed by atoms with E-state index in [0.29, 0.717) is 57.5 Å². The summed E-state index contributed by atoms with van der Waals surface area (Å²) in [5, 5.41) is 14.5. The van der Waals surface area contributed by atoms with Crippen LogP contribution in [0.1, 0.15) is 93.2 Å². The molecule has 4 heterocycles. The third kappa shape index (κ3) is 11.7. The number of hydrogen-bond acceptors (Lipinski definition) is 6. The first-order valence-electron chi connectivity index (χ1n) is 20.1. The molecule has 0 aliphatic heterocycles. The van der Waals surface area contributed by atoms with E-state index < -0.39 is 34.6 Å². The van der Waals surface area contributed by atoms with Gasteiger partial charge in [0.15, 0.2) is 0 Å². The molecule has 62 heavy (non-hydrogen) atoms. The molecule has 326 valence electrons. The molecule has 1 aliphatic carbocycles. The summed E-state index contributed by atoms with van der Waals surface area (Å²) in [4.78, 5) is 35.0. The Morgan fingerprint density at radius 3 is 1.31 bits per heavy atom. The van der Waals surface area contributed by atoms with Crippen molar-refractivity contribution in [3.8, 4) is 45.3 Å². The maximum atomic E-state index is 13.0. The lowest BCUT2D eigenvalue weighted by atomic mass is 10.0. The molecule has 0 spiro atoms. The maximum Gasteiger partial charge on any atom is 0.416 e. The van der Waals surface area contributed by atoms with Crippen LogP contribution in [-0.4, -0.2) is 52.4 Å². The molecule has 16 heteroatoms. The molecule has 1 fully saturated rings. The number of nitrogens with zero attached hydrogens (tertiary/aromatic N) is 6. The van der Waals surface area contributed by atoms with E-state index in [0.717, 1.165) is 55.0 Å². The van der Waals surface area contributed by atoms with Crippen molar-refractivity contribution in [2.24, 2.45) is 5.92 Å². The van der Waals surface area contributed by atoms with Crippen molar-refractivity contribution in [1.82, 2.24) is 40.2 Å². The molecular formula is C46H48F6N8O2. The van der Waals surface area contributed by atoms with Crippen molar-refractivity contribution in [2.45, 2.75) is 97.8 Å². The Bertz CT molecular complexity index is 2520. The number of amides is 2. The quantitative estimate of drug-likeness (QED) is 0.140. The molecule has 0 radical (unpaired) electrons. The Balaban J connectivity index is 0.000000207. The molecule has 2 aromatic carbocycles. The zero-order chi connectivity index (χ0) is 45.2. The topological polar surface area (TPSA) is 120 Å². The van der Waals surface area contributed by atoms with Gasteiger partial charge in [-0.2, -0.15) is 36.5 Å². The van der Waals surface area contributed by atoms with Crippen LogP contribution in [-0.2, 0) is 25.4 Å². The van der Waals surface area contributed by atoms with Gasteiger partial charge in [-0.05, 0) is 128 Å². The highest BCUT2D eigenvalue weighted by atomic mass is 19.4. The van der Waals surface area contributed by atoms with Gasteiger partial charge in [0.05, 0.1) is 45.3 Å².